The van der Waals surface area contributed by atoms with Gasteiger partial charge in [-0.2, -0.15) is 0 Å². The van der Waals surface area contributed by atoms with E-state index in [9.17, 15) is 0 Å². The number of hydrogen-bond donors (Lipinski definition) is 0. The molecule has 0 saturated carbocycles. The molecule has 0 bridgehead atoms. The molecule has 0 N–H and O–H groups in total. The Morgan fingerprint density at radius 3 is 2.45 bits per heavy atom. The molecule has 0 spiro atoms. The van der Waals surface area contributed by atoms with E-state index >= 15 is 0 Å². The second-order valence-corrected chi connectivity index (χ2v) is 11.2. The molecule has 0 saturated heterocycles. The Hall–Kier alpha value is -1.54. The van der Waals surface area contributed by atoms with Gasteiger partial charge in [-0.05, 0) is 17.6 Å². The van der Waals surface area contributed by atoms with Crippen LogP contribution in [0.3, 0.4) is 0 Å². The fourth-order valence-corrected chi connectivity index (χ4v) is 4.39. The Morgan fingerprint density at radius 2 is 1.85 bits per heavy atom. The van der Waals surface area contributed by atoms with Gasteiger partial charge in [-0.1, -0.05) is 56.1 Å². The van der Waals surface area contributed by atoms with Gasteiger partial charge in [0.05, 0.1) is 5.38 Å². The van der Waals surface area contributed by atoms with Gasteiger partial charge in [-0.3, -0.25) is 0 Å². The lowest BCUT2D eigenvalue weighted by molar-refractivity contribution is 0.131. The van der Waals surface area contributed by atoms with Crippen LogP contribution in [0.15, 0.2) is 55.0 Å². The van der Waals surface area contributed by atoms with Crippen LogP contribution in [0.4, 0.5) is 0 Å². The smallest absolute Gasteiger partial charge is 0.127 e. The zero-order chi connectivity index (χ0) is 14.8. The molecular weight excluding hydrogens is 260 g/mol. The molecule has 1 aliphatic rings. The van der Waals surface area contributed by atoms with Crippen LogP contribution in [0.25, 0.3) is 5.57 Å². The Kier molecular flexibility index (Phi) is 4.34. The van der Waals surface area contributed by atoms with Crippen LogP contribution in [0.1, 0.15) is 30.1 Å². The first kappa shape index (κ1) is 14.9. The molecular formula is C18H24OSi. The van der Waals surface area contributed by atoms with Gasteiger partial charge in [0.25, 0.3) is 0 Å². The molecule has 1 aromatic rings. The van der Waals surface area contributed by atoms with E-state index in [2.05, 4.69) is 57.1 Å². The van der Waals surface area contributed by atoms with Crippen molar-refractivity contribution in [2.45, 2.75) is 38.6 Å². The predicted octanol–water partition coefficient (Wildman–Crippen LogP) is 5.50. The Labute approximate surface area is 123 Å². The Morgan fingerprint density at radius 1 is 1.15 bits per heavy atom. The second-order valence-electron chi connectivity index (χ2n) is 6.27. The third-order valence-corrected chi connectivity index (χ3v) is 5.36. The van der Waals surface area contributed by atoms with Crippen molar-refractivity contribution < 1.29 is 4.74 Å². The third-order valence-electron chi connectivity index (χ3n) is 3.58. The lowest BCUT2D eigenvalue weighted by Crippen LogP contribution is -2.31. The topological polar surface area (TPSA) is 9.23 Å². The maximum absolute atomic E-state index is 6.41. The lowest BCUT2D eigenvalue weighted by Gasteiger charge is -2.35. The fraction of sp³-hybridized carbons (Fsp3) is 0.333. The van der Waals surface area contributed by atoms with Gasteiger partial charge >= 0.3 is 0 Å². The highest BCUT2D eigenvalue weighted by Crippen LogP contribution is 2.42. The second kappa shape index (κ2) is 5.84. The largest absolute Gasteiger partial charge is 0.495 e. The van der Waals surface area contributed by atoms with Crippen LogP contribution in [0.2, 0.25) is 19.6 Å². The molecule has 1 aliphatic heterocycles. The average Bonchev–Trinajstić information content (AvgIpc) is 2.40. The quantitative estimate of drug-likeness (QED) is 0.512. The van der Waals surface area contributed by atoms with E-state index in [4.69, 9.17) is 4.74 Å². The highest BCUT2D eigenvalue weighted by Gasteiger charge is 2.33. The summed E-state index contributed by atoms with van der Waals surface area (Å²) in [4.78, 5) is 0. The maximum Gasteiger partial charge on any atom is 0.127 e. The van der Waals surface area contributed by atoms with Crippen LogP contribution in [0, 0.1) is 0 Å². The Balaban J connectivity index is 2.62. The van der Waals surface area contributed by atoms with E-state index in [1.165, 1.54) is 22.1 Å². The van der Waals surface area contributed by atoms with Crippen molar-refractivity contribution in [1.82, 2.24) is 0 Å². The predicted molar refractivity (Wildman–Crippen MR) is 90.2 cm³/mol. The van der Waals surface area contributed by atoms with Crippen LogP contribution in [-0.4, -0.2) is 8.07 Å². The molecule has 1 heterocycles. The first-order valence-electron chi connectivity index (χ1n) is 7.20. The van der Waals surface area contributed by atoms with Crippen LogP contribution >= 0.6 is 0 Å². The van der Waals surface area contributed by atoms with Crippen molar-refractivity contribution in [3.63, 3.8) is 0 Å². The first-order chi connectivity index (χ1) is 9.49. The van der Waals surface area contributed by atoms with Crippen molar-refractivity contribution in [2.24, 2.45) is 0 Å². The Bertz CT molecular complexity index is 549. The van der Waals surface area contributed by atoms with Gasteiger partial charge < -0.3 is 4.74 Å². The zero-order valence-corrected chi connectivity index (χ0v) is 13.8. The molecule has 1 nitrogen and oxygen atoms in total. The molecule has 20 heavy (non-hydrogen) atoms. The lowest BCUT2D eigenvalue weighted by atomic mass is 9.92. The average molecular weight is 284 g/mol. The molecule has 1 atom stereocenters. The molecule has 2 rings (SSSR count). The molecule has 0 aromatic heterocycles. The van der Waals surface area contributed by atoms with Crippen molar-refractivity contribution in [1.29, 1.82) is 0 Å². The van der Waals surface area contributed by atoms with Gasteiger partial charge in [0.2, 0.25) is 0 Å². The van der Waals surface area contributed by atoms with Gasteiger partial charge in [0, 0.05) is 12.0 Å². The van der Waals surface area contributed by atoms with Crippen molar-refractivity contribution in [2.75, 3.05) is 0 Å². The summed E-state index contributed by atoms with van der Waals surface area (Å²) in [5.74, 6) is 0. The number of rotatable bonds is 5. The number of ether oxygens (including phenoxy) is 1. The van der Waals surface area contributed by atoms with Crippen molar-refractivity contribution in [3.05, 3.63) is 66.1 Å². The standard InChI is InChI=1S/C18H24OSi/c1-6-10-16-14-12-8-9-13-15(14)17(11-7-2)19-18(16)20(3,4)5/h6-9,12-13,17H,1-2,10-11H2,3-5H3. The molecule has 2 heteroatoms. The summed E-state index contributed by atoms with van der Waals surface area (Å²) in [5, 5.41) is 1.22. The number of benzene rings is 1. The monoisotopic (exact) mass is 284 g/mol. The number of fused-ring (bicyclic) bond motifs is 1. The van der Waals surface area contributed by atoms with E-state index in [0.717, 1.165) is 12.8 Å². The zero-order valence-electron chi connectivity index (χ0n) is 12.8. The van der Waals surface area contributed by atoms with Crippen LogP contribution in [0.5, 0.6) is 0 Å². The summed E-state index contributed by atoms with van der Waals surface area (Å²) in [6.07, 6.45) is 5.76. The maximum atomic E-state index is 6.41. The fourth-order valence-electron chi connectivity index (χ4n) is 2.75. The molecule has 0 aliphatic carbocycles. The van der Waals surface area contributed by atoms with Gasteiger partial charge in [-0.15, -0.1) is 13.2 Å². The summed E-state index contributed by atoms with van der Waals surface area (Å²) < 4.78 is 6.41. The van der Waals surface area contributed by atoms with E-state index in [1.54, 1.807) is 0 Å². The molecule has 0 radical (unpaired) electrons. The SMILES string of the molecule is C=CCC1=C([Si](C)(C)C)OC(CC=C)c2ccccc21. The van der Waals surface area contributed by atoms with Crippen LogP contribution in [-0.2, 0) is 4.74 Å². The van der Waals surface area contributed by atoms with Gasteiger partial charge in [-0.25, -0.2) is 0 Å². The van der Waals surface area contributed by atoms with Gasteiger partial charge in [0.1, 0.15) is 14.2 Å². The number of hydrogen-bond acceptors (Lipinski definition) is 1. The highest BCUT2D eigenvalue weighted by molar-refractivity contribution is 6.83. The normalized spacial score (nSPS) is 18.2. The molecule has 106 valence electrons. The minimum atomic E-state index is -1.52. The van der Waals surface area contributed by atoms with E-state index in [-0.39, 0.29) is 6.10 Å². The van der Waals surface area contributed by atoms with Crippen molar-refractivity contribution >= 4 is 13.6 Å². The first-order valence-corrected chi connectivity index (χ1v) is 10.7. The summed E-state index contributed by atoms with van der Waals surface area (Å²) in [6.45, 7) is 14.8. The van der Waals surface area contributed by atoms with E-state index < -0.39 is 8.07 Å². The third kappa shape index (κ3) is 2.80. The summed E-state index contributed by atoms with van der Waals surface area (Å²) in [7, 11) is -1.52. The summed E-state index contributed by atoms with van der Waals surface area (Å²) >= 11 is 0. The summed E-state index contributed by atoms with van der Waals surface area (Å²) in [5.41, 5.74) is 3.95. The summed E-state index contributed by atoms with van der Waals surface area (Å²) in [6, 6.07) is 8.59. The molecule has 1 unspecified atom stereocenters. The minimum absolute atomic E-state index is 0.110. The molecule has 1 aromatic carbocycles. The van der Waals surface area contributed by atoms with E-state index in [0.29, 0.717) is 0 Å². The molecule has 0 fully saturated rings. The highest BCUT2D eigenvalue weighted by atomic mass is 28.3. The van der Waals surface area contributed by atoms with Gasteiger partial charge in [0.15, 0.2) is 0 Å². The van der Waals surface area contributed by atoms with E-state index in [1.807, 2.05) is 12.2 Å². The number of allylic oxidation sites excluding steroid dienone is 2. The minimum Gasteiger partial charge on any atom is -0.495 e. The van der Waals surface area contributed by atoms with Crippen LogP contribution < -0.4 is 0 Å². The molecule has 0 amide bonds. The van der Waals surface area contributed by atoms with Crippen molar-refractivity contribution in [3.8, 4) is 0 Å².